The van der Waals surface area contributed by atoms with Crippen molar-refractivity contribution in [2.75, 3.05) is 5.73 Å². The molecule has 2 N–H and O–H groups in total. The van der Waals surface area contributed by atoms with Gasteiger partial charge in [-0.3, -0.25) is 0 Å². The molecule has 1 saturated carbocycles. The number of hydrogen-bond donors (Lipinski definition) is 1. The van der Waals surface area contributed by atoms with Crippen LogP contribution in [0.15, 0.2) is 6.20 Å². The van der Waals surface area contributed by atoms with Crippen molar-refractivity contribution in [3.8, 4) is 0 Å². The van der Waals surface area contributed by atoms with E-state index in [0.717, 1.165) is 5.69 Å². The second-order valence-electron chi connectivity index (χ2n) is 2.52. The third-order valence-electron chi connectivity index (χ3n) is 1.59. The molecule has 0 bridgehead atoms. The van der Waals surface area contributed by atoms with Gasteiger partial charge in [0.15, 0.2) is 0 Å². The van der Waals surface area contributed by atoms with E-state index in [0.29, 0.717) is 5.92 Å². The van der Waals surface area contributed by atoms with Crippen LogP contribution in [0.25, 0.3) is 0 Å². The largest absolute Gasteiger partial charge is 0.366 e. The van der Waals surface area contributed by atoms with Crippen LogP contribution in [0, 0.1) is 0 Å². The molecule has 0 atom stereocenters. The van der Waals surface area contributed by atoms with Crippen molar-refractivity contribution >= 4 is 5.95 Å². The van der Waals surface area contributed by atoms with Crippen LogP contribution in [0.3, 0.4) is 0 Å². The summed E-state index contributed by atoms with van der Waals surface area (Å²) in [5.41, 5.74) is 6.24. The number of nitrogens with two attached hydrogens (primary N) is 1. The number of anilines is 1. The van der Waals surface area contributed by atoms with Gasteiger partial charge in [0.05, 0.1) is 11.9 Å². The van der Waals surface area contributed by atoms with Gasteiger partial charge < -0.3 is 5.73 Å². The van der Waals surface area contributed by atoms with Crippen molar-refractivity contribution in [3.05, 3.63) is 11.9 Å². The molecule has 0 aliphatic heterocycles. The minimum atomic E-state index is 0.254. The maximum Gasteiger partial charge on any atom is 0.240 e. The molecule has 1 aliphatic rings. The van der Waals surface area contributed by atoms with Crippen molar-refractivity contribution in [2.45, 2.75) is 18.8 Å². The van der Waals surface area contributed by atoms with E-state index in [4.69, 9.17) is 5.73 Å². The van der Waals surface area contributed by atoms with Crippen LogP contribution in [0.1, 0.15) is 24.5 Å². The molecule has 1 heterocycles. The van der Waals surface area contributed by atoms with Gasteiger partial charge in [-0.1, -0.05) is 0 Å². The fourth-order valence-corrected chi connectivity index (χ4v) is 0.859. The number of nitrogen functional groups attached to an aromatic ring is 1. The van der Waals surface area contributed by atoms with Crippen molar-refractivity contribution in [1.82, 2.24) is 15.2 Å². The fraction of sp³-hybridized carbons (Fsp3) is 0.500. The molecule has 1 aromatic rings. The Morgan fingerprint density at radius 2 is 2.20 bits per heavy atom. The summed E-state index contributed by atoms with van der Waals surface area (Å²) in [5.74, 6) is 0.866. The molecule has 0 saturated heterocycles. The summed E-state index contributed by atoms with van der Waals surface area (Å²) in [7, 11) is 0. The molecule has 0 unspecified atom stereocenters. The topological polar surface area (TPSA) is 64.7 Å². The number of nitrogens with zero attached hydrogens (tertiary/aromatic N) is 3. The zero-order valence-corrected chi connectivity index (χ0v) is 5.49. The van der Waals surface area contributed by atoms with E-state index >= 15 is 0 Å². The van der Waals surface area contributed by atoms with E-state index in [-0.39, 0.29) is 5.95 Å². The van der Waals surface area contributed by atoms with E-state index in [1.54, 1.807) is 6.20 Å². The van der Waals surface area contributed by atoms with E-state index in [1.807, 2.05) is 0 Å². The molecule has 0 spiro atoms. The van der Waals surface area contributed by atoms with Gasteiger partial charge in [-0.25, -0.2) is 4.98 Å². The zero-order valence-electron chi connectivity index (χ0n) is 5.49. The first-order valence-corrected chi connectivity index (χ1v) is 3.31. The summed E-state index contributed by atoms with van der Waals surface area (Å²) in [5, 5.41) is 7.56. The molecule has 10 heavy (non-hydrogen) atoms. The molecule has 1 fully saturated rings. The average molecular weight is 136 g/mol. The normalized spacial score (nSPS) is 17.2. The monoisotopic (exact) mass is 136 g/mol. The molecule has 0 amide bonds. The predicted molar refractivity (Wildman–Crippen MR) is 36.2 cm³/mol. The first-order valence-electron chi connectivity index (χ1n) is 3.31. The summed E-state index contributed by atoms with van der Waals surface area (Å²) < 4.78 is 0. The highest BCUT2D eigenvalue weighted by Crippen LogP contribution is 2.38. The Hall–Kier alpha value is -1.19. The zero-order chi connectivity index (χ0) is 6.97. The molecule has 0 aromatic carbocycles. The number of rotatable bonds is 1. The Morgan fingerprint density at radius 3 is 2.70 bits per heavy atom. The van der Waals surface area contributed by atoms with Crippen molar-refractivity contribution < 1.29 is 0 Å². The van der Waals surface area contributed by atoms with Crippen LogP contribution in [0.5, 0.6) is 0 Å². The molecule has 52 valence electrons. The Labute approximate surface area is 58.5 Å². The summed E-state index contributed by atoms with van der Waals surface area (Å²) >= 11 is 0. The van der Waals surface area contributed by atoms with Crippen molar-refractivity contribution in [1.29, 1.82) is 0 Å². The van der Waals surface area contributed by atoms with Gasteiger partial charge in [0.25, 0.3) is 0 Å². The smallest absolute Gasteiger partial charge is 0.240 e. The second-order valence-corrected chi connectivity index (χ2v) is 2.52. The Morgan fingerprint density at radius 1 is 1.40 bits per heavy atom. The maximum atomic E-state index is 5.26. The molecule has 2 rings (SSSR count). The summed E-state index contributed by atoms with van der Waals surface area (Å²) in [6, 6.07) is 0. The molecule has 4 nitrogen and oxygen atoms in total. The quantitative estimate of drug-likeness (QED) is 0.604. The van der Waals surface area contributed by atoms with E-state index < -0.39 is 0 Å². The highest BCUT2D eigenvalue weighted by atomic mass is 15.2. The second kappa shape index (κ2) is 1.90. The third kappa shape index (κ3) is 0.920. The van der Waals surface area contributed by atoms with Gasteiger partial charge in [0.2, 0.25) is 5.95 Å². The van der Waals surface area contributed by atoms with Gasteiger partial charge in [-0.05, 0) is 12.8 Å². The standard InChI is InChI=1S/C6H8N4/c7-6-8-3-5(9-10-6)4-1-2-4/h3-4H,1-2H2,(H2,7,8,10). The van der Waals surface area contributed by atoms with E-state index in [1.165, 1.54) is 12.8 Å². The minimum absolute atomic E-state index is 0.254. The maximum absolute atomic E-state index is 5.26. The fourth-order valence-electron chi connectivity index (χ4n) is 0.859. The van der Waals surface area contributed by atoms with Crippen LogP contribution >= 0.6 is 0 Å². The van der Waals surface area contributed by atoms with Crippen LogP contribution in [0.2, 0.25) is 0 Å². The van der Waals surface area contributed by atoms with Crippen LogP contribution in [-0.2, 0) is 0 Å². The average Bonchev–Trinajstić information content (AvgIpc) is 2.71. The lowest BCUT2D eigenvalue weighted by Gasteiger charge is -1.92. The number of aromatic nitrogens is 3. The lowest BCUT2D eigenvalue weighted by atomic mass is 10.3. The summed E-state index contributed by atoms with van der Waals surface area (Å²) in [4.78, 5) is 3.84. The van der Waals surface area contributed by atoms with Gasteiger partial charge in [0.1, 0.15) is 0 Å². The van der Waals surface area contributed by atoms with Crippen LogP contribution < -0.4 is 5.73 Å². The molecular formula is C6H8N4. The van der Waals surface area contributed by atoms with E-state index in [9.17, 15) is 0 Å². The third-order valence-corrected chi connectivity index (χ3v) is 1.59. The van der Waals surface area contributed by atoms with Crippen LogP contribution in [0.4, 0.5) is 5.95 Å². The van der Waals surface area contributed by atoms with Crippen LogP contribution in [-0.4, -0.2) is 15.2 Å². The minimum Gasteiger partial charge on any atom is -0.366 e. The summed E-state index contributed by atoms with van der Waals surface area (Å²) in [6.45, 7) is 0. The SMILES string of the molecule is Nc1ncc(C2CC2)nn1. The van der Waals surface area contributed by atoms with Gasteiger partial charge in [0, 0.05) is 5.92 Å². The Balaban J connectivity index is 2.28. The van der Waals surface area contributed by atoms with Gasteiger partial charge >= 0.3 is 0 Å². The molecule has 1 aromatic heterocycles. The van der Waals surface area contributed by atoms with Gasteiger partial charge in [-0.15, -0.1) is 5.10 Å². The Kier molecular flexibility index (Phi) is 1.06. The lowest BCUT2D eigenvalue weighted by molar-refractivity contribution is 0.880. The molecule has 4 heteroatoms. The molecular weight excluding hydrogens is 128 g/mol. The molecule has 1 aliphatic carbocycles. The highest BCUT2D eigenvalue weighted by Gasteiger charge is 2.25. The number of hydrogen-bond acceptors (Lipinski definition) is 4. The summed E-state index contributed by atoms with van der Waals surface area (Å²) in [6.07, 6.45) is 4.15. The Bertz CT molecular complexity index is 226. The first-order chi connectivity index (χ1) is 4.86. The lowest BCUT2D eigenvalue weighted by Crippen LogP contribution is -1.98. The van der Waals surface area contributed by atoms with Crippen molar-refractivity contribution in [2.24, 2.45) is 0 Å². The highest BCUT2D eigenvalue weighted by molar-refractivity contribution is 5.15. The van der Waals surface area contributed by atoms with E-state index in [2.05, 4.69) is 15.2 Å². The van der Waals surface area contributed by atoms with Crippen molar-refractivity contribution in [3.63, 3.8) is 0 Å². The predicted octanol–water partition coefficient (Wildman–Crippen LogP) is 0.331. The first kappa shape index (κ1) is 5.58. The van der Waals surface area contributed by atoms with Gasteiger partial charge in [-0.2, -0.15) is 5.10 Å². The molecule has 0 radical (unpaired) electrons.